The molecule has 1 aromatic carbocycles. The number of nitrogens with one attached hydrogen (secondary N) is 2. The predicted molar refractivity (Wildman–Crippen MR) is 181 cm³/mol. The van der Waals surface area contributed by atoms with E-state index >= 15 is 0 Å². The van der Waals surface area contributed by atoms with Gasteiger partial charge in [0.25, 0.3) is 5.56 Å². The molecule has 3 rings (SSSR count). The number of allylic oxidation sites excluding steroid dienone is 1. The fourth-order valence-electron chi connectivity index (χ4n) is 4.70. The van der Waals surface area contributed by atoms with E-state index in [0.29, 0.717) is 29.2 Å². The van der Waals surface area contributed by atoms with Gasteiger partial charge in [-0.05, 0) is 75.8 Å². The van der Waals surface area contributed by atoms with Crippen LogP contribution < -0.4 is 16.2 Å². The first-order chi connectivity index (χ1) is 22.0. The Morgan fingerprint density at radius 2 is 1.72 bits per heavy atom. The van der Waals surface area contributed by atoms with E-state index in [9.17, 15) is 24.0 Å². The molecule has 4 amide bonds. The van der Waals surface area contributed by atoms with Crippen molar-refractivity contribution in [2.45, 2.75) is 72.1 Å². The number of fused-ring (bicyclic) bond motifs is 1. The third kappa shape index (κ3) is 10.0. The second-order valence-electron chi connectivity index (χ2n) is 13.2. The number of likely N-dealkylation sites (N-methyl/N-ethyl adjacent to an activating group) is 1. The summed E-state index contributed by atoms with van der Waals surface area (Å²) >= 11 is 0. The molecule has 13 heteroatoms. The van der Waals surface area contributed by atoms with Gasteiger partial charge in [0.15, 0.2) is 0 Å². The molecule has 0 fully saturated rings. The van der Waals surface area contributed by atoms with E-state index < -0.39 is 35.2 Å². The number of urea groups is 1. The van der Waals surface area contributed by atoms with Crippen molar-refractivity contribution in [1.29, 1.82) is 0 Å². The van der Waals surface area contributed by atoms with Gasteiger partial charge in [0.2, 0.25) is 11.8 Å². The number of imidazole rings is 1. The van der Waals surface area contributed by atoms with Gasteiger partial charge in [-0.25, -0.2) is 19.1 Å². The zero-order valence-corrected chi connectivity index (χ0v) is 28.8. The topological polar surface area (TPSA) is 148 Å². The maximum atomic E-state index is 13.6. The summed E-state index contributed by atoms with van der Waals surface area (Å²) in [4.78, 5) is 72.3. The van der Waals surface area contributed by atoms with Gasteiger partial charge in [-0.15, -0.1) is 0 Å². The van der Waals surface area contributed by atoms with Crippen LogP contribution in [-0.2, 0) is 27.3 Å². The molecular weight excluding hydrogens is 602 g/mol. The van der Waals surface area contributed by atoms with Crippen molar-refractivity contribution in [1.82, 2.24) is 29.2 Å². The van der Waals surface area contributed by atoms with E-state index in [-0.39, 0.29) is 24.6 Å². The lowest BCUT2D eigenvalue weighted by molar-refractivity contribution is -0.123. The Hall–Kier alpha value is -4.94. The van der Waals surface area contributed by atoms with Crippen LogP contribution in [0.1, 0.15) is 58.8 Å². The Morgan fingerprint density at radius 3 is 2.34 bits per heavy atom. The van der Waals surface area contributed by atoms with Gasteiger partial charge in [-0.1, -0.05) is 32.1 Å². The average Bonchev–Trinajstić information content (AvgIpc) is 3.34. The highest BCUT2D eigenvalue weighted by atomic mass is 16.6. The van der Waals surface area contributed by atoms with Crippen LogP contribution in [0.4, 0.5) is 15.3 Å². The number of aromatic nitrogens is 3. The normalized spacial score (nSPS) is 12.3. The number of rotatable bonds is 11. The van der Waals surface area contributed by atoms with Crippen LogP contribution >= 0.6 is 0 Å². The molecule has 0 aliphatic rings. The first-order valence-corrected chi connectivity index (χ1v) is 15.6. The molecule has 1 atom stereocenters. The molecule has 0 aliphatic heterocycles. The lowest BCUT2D eigenvalue weighted by Crippen LogP contribution is -2.48. The van der Waals surface area contributed by atoms with Crippen LogP contribution in [0.5, 0.6) is 0 Å². The van der Waals surface area contributed by atoms with Crippen LogP contribution in [0.2, 0.25) is 0 Å². The zero-order chi connectivity index (χ0) is 35.1. The minimum atomic E-state index is -0.993. The number of benzene rings is 1. The number of ether oxygens (including phenoxy) is 1. The lowest BCUT2D eigenvalue weighted by atomic mass is 10.0. The van der Waals surface area contributed by atoms with E-state index in [1.165, 1.54) is 31.1 Å². The Morgan fingerprint density at radius 1 is 1.02 bits per heavy atom. The first kappa shape index (κ1) is 36.5. The van der Waals surface area contributed by atoms with Gasteiger partial charge in [0.05, 0.1) is 17.6 Å². The molecule has 0 radical (unpaired) electrons. The molecule has 0 spiro atoms. The highest BCUT2D eigenvalue weighted by molar-refractivity contribution is 5.97. The molecule has 0 bridgehead atoms. The SMILES string of the molecule is CC(C)Cc1cccc2c1nc(Cn1cccc(NC(=O)[C@H](CC/C=C/C(=O)N(C)C)NC(=O)N(C)C)c1=O)n2C(=O)OC(C)(C)C. The fraction of sp³-hybridized carbons (Fsp3) is 0.471. The minimum absolute atomic E-state index is 0.0136. The van der Waals surface area contributed by atoms with Gasteiger partial charge in [-0.2, -0.15) is 0 Å². The summed E-state index contributed by atoms with van der Waals surface area (Å²) in [5.74, 6) is -0.154. The second-order valence-corrected chi connectivity index (χ2v) is 13.2. The number of carbonyl (C=O) groups is 4. The van der Waals surface area contributed by atoms with Gasteiger partial charge >= 0.3 is 12.1 Å². The monoisotopic (exact) mass is 649 g/mol. The molecule has 47 heavy (non-hydrogen) atoms. The molecule has 2 heterocycles. The van der Waals surface area contributed by atoms with E-state index in [2.05, 4.69) is 24.5 Å². The van der Waals surface area contributed by atoms with E-state index in [1.807, 2.05) is 12.1 Å². The Bertz CT molecular complexity index is 1690. The number of hydrogen-bond donors (Lipinski definition) is 2. The van der Waals surface area contributed by atoms with Crippen molar-refractivity contribution in [2.75, 3.05) is 33.5 Å². The maximum Gasteiger partial charge on any atom is 0.420 e. The number of para-hydroxylation sites is 1. The van der Waals surface area contributed by atoms with Crippen LogP contribution in [0.3, 0.4) is 0 Å². The number of hydrogen-bond acceptors (Lipinski definition) is 7. The third-order valence-electron chi connectivity index (χ3n) is 6.98. The van der Waals surface area contributed by atoms with Gasteiger partial charge in [0.1, 0.15) is 23.2 Å². The third-order valence-corrected chi connectivity index (χ3v) is 6.98. The summed E-state index contributed by atoms with van der Waals surface area (Å²) in [5.41, 5.74) is 0.894. The predicted octanol–water partition coefficient (Wildman–Crippen LogP) is 4.23. The van der Waals surface area contributed by atoms with Gasteiger partial charge in [-0.3, -0.25) is 14.4 Å². The van der Waals surface area contributed by atoms with E-state index in [0.717, 1.165) is 12.0 Å². The molecule has 3 aromatic rings. The number of carbonyl (C=O) groups excluding carboxylic acids is 4. The summed E-state index contributed by atoms with van der Waals surface area (Å²) in [6.45, 7) is 9.45. The summed E-state index contributed by atoms with van der Waals surface area (Å²) in [6, 6.07) is 7.24. The van der Waals surface area contributed by atoms with Crippen LogP contribution in [-0.4, -0.2) is 87.7 Å². The van der Waals surface area contributed by atoms with Crippen LogP contribution in [0, 0.1) is 5.92 Å². The van der Waals surface area contributed by atoms with Crippen molar-refractivity contribution in [3.8, 4) is 0 Å². The Kier molecular flexibility index (Phi) is 12.1. The molecule has 0 saturated heterocycles. The van der Waals surface area contributed by atoms with Crippen molar-refractivity contribution in [2.24, 2.45) is 5.92 Å². The molecule has 0 unspecified atom stereocenters. The van der Waals surface area contributed by atoms with Crippen molar-refractivity contribution in [3.05, 3.63) is 70.4 Å². The summed E-state index contributed by atoms with van der Waals surface area (Å²) in [7, 11) is 6.35. The average molecular weight is 650 g/mol. The number of nitrogens with zero attached hydrogens (tertiary/aromatic N) is 5. The Labute approximate surface area is 275 Å². The highest BCUT2D eigenvalue weighted by Gasteiger charge is 2.26. The molecule has 2 aromatic heterocycles. The van der Waals surface area contributed by atoms with E-state index in [1.54, 1.807) is 73.4 Å². The summed E-state index contributed by atoms with van der Waals surface area (Å²) in [6.07, 6.45) is 5.21. The van der Waals surface area contributed by atoms with Gasteiger partial charge in [0, 0.05) is 34.4 Å². The van der Waals surface area contributed by atoms with E-state index in [4.69, 9.17) is 9.72 Å². The standard InChI is InChI=1S/C34H47N7O6/c1-22(2)20-23-14-12-17-26-29(23)37-27(41(26)33(46)47-34(3,4)5)21-40-19-13-16-25(31(40)44)35-30(43)24(36-32(45)39(8)9)15-10-11-18-28(42)38(6)7/h11-14,16-19,22,24H,10,15,20-21H2,1-9H3,(H,35,43)(H,36,45)/b18-11+/t24-/m0/s1. The van der Waals surface area contributed by atoms with Crippen molar-refractivity contribution in [3.63, 3.8) is 0 Å². The quantitative estimate of drug-likeness (QED) is 0.296. The smallest absolute Gasteiger partial charge is 0.420 e. The summed E-state index contributed by atoms with van der Waals surface area (Å²) in [5, 5.41) is 5.32. The summed E-state index contributed by atoms with van der Waals surface area (Å²) < 4.78 is 8.45. The van der Waals surface area contributed by atoms with Crippen molar-refractivity contribution < 1.29 is 23.9 Å². The van der Waals surface area contributed by atoms with Crippen molar-refractivity contribution >= 4 is 40.7 Å². The molecule has 2 N–H and O–H groups in total. The number of amides is 4. The highest BCUT2D eigenvalue weighted by Crippen LogP contribution is 2.24. The Balaban J connectivity index is 1.95. The number of pyridine rings is 1. The largest absolute Gasteiger partial charge is 0.443 e. The minimum Gasteiger partial charge on any atom is -0.443 e. The van der Waals surface area contributed by atoms with Crippen LogP contribution in [0.25, 0.3) is 11.0 Å². The van der Waals surface area contributed by atoms with Crippen LogP contribution in [0.15, 0.2) is 53.5 Å². The molecule has 254 valence electrons. The maximum absolute atomic E-state index is 13.6. The lowest BCUT2D eigenvalue weighted by Gasteiger charge is -2.21. The zero-order valence-electron chi connectivity index (χ0n) is 28.8. The first-order valence-electron chi connectivity index (χ1n) is 15.6. The molecule has 0 aliphatic carbocycles. The number of anilines is 1. The molecular formula is C34H47N7O6. The molecule has 0 saturated carbocycles. The second kappa shape index (κ2) is 15.6. The molecule has 13 nitrogen and oxygen atoms in total. The fourth-order valence-corrected chi connectivity index (χ4v) is 4.70. The van der Waals surface area contributed by atoms with Gasteiger partial charge < -0.3 is 29.7 Å².